The molecular weight excluding hydrogens is 682 g/mol. The third kappa shape index (κ3) is 12.7. The Morgan fingerprint density at radius 1 is 0.630 bits per heavy atom. The highest BCUT2D eigenvalue weighted by Crippen LogP contribution is 2.43. The average Bonchev–Trinajstić information content (AvgIpc) is 2.96. The number of benzene rings is 2. The van der Waals surface area contributed by atoms with Crippen molar-refractivity contribution >= 4 is 11.9 Å². The number of likely N-dealkylation sites (tertiary alicyclic amines) is 1. The topological polar surface area (TPSA) is 159 Å². The molecule has 9 heteroatoms. The first-order valence-electron chi connectivity index (χ1n) is 19.3. The van der Waals surface area contributed by atoms with E-state index in [1.54, 1.807) is 13.8 Å². The molecule has 1 fully saturated rings. The highest BCUT2D eigenvalue weighted by molar-refractivity contribution is 5.76. The van der Waals surface area contributed by atoms with Crippen molar-refractivity contribution in [3.05, 3.63) is 57.6 Å². The summed E-state index contributed by atoms with van der Waals surface area (Å²) in [5.74, 6) is -2.31. The van der Waals surface area contributed by atoms with Crippen LogP contribution in [0.2, 0.25) is 0 Å². The molecule has 54 heavy (non-hydrogen) atoms. The molecular formula is C45H75NO8. The van der Waals surface area contributed by atoms with Crippen LogP contribution in [0.25, 0.3) is 0 Å². The van der Waals surface area contributed by atoms with Gasteiger partial charge in [0.1, 0.15) is 11.5 Å². The van der Waals surface area contributed by atoms with Gasteiger partial charge >= 0.3 is 11.9 Å². The first-order chi connectivity index (χ1) is 24.0. The second-order valence-corrected chi connectivity index (χ2v) is 20.6. The molecule has 1 aliphatic heterocycles. The molecule has 9 nitrogen and oxygen atoms in total. The molecule has 0 aliphatic carbocycles. The van der Waals surface area contributed by atoms with E-state index in [4.69, 9.17) is 5.11 Å². The molecule has 0 aromatic heterocycles. The molecule has 2 aromatic carbocycles. The van der Waals surface area contributed by atoms with Gasteiger partial charge in [-0.3, -0.25) is 14.5 Å². The highest BCUT2D eigenvalue weighted by atomic mass is 16.4. The fourth-order valence-corrected chi connectivity index (χ4v) is 7.36. The first-order valence-corrected chi connectivity index (χ1v) is 19.3. The lowest BCUT2D eigenvalue weighted by atomic mass is 9.77. The molecule has 0 spiro atoms. The second kappa shape index (κ2) is 17.3. The molecule has 0 bridgehead atoms. The second-order valence-electron chi connectivity index (χ2n) is 20.6. The lowest BCUT2D eigenvalue weighted by Crippen LogP contribution is -2.62. The Hall–Kier alpha value is -3.14. The lowest BCUT2D eigenvalue weighted by Gasteiger charge is -2.54. The van der Waals surface area contributed by atoms with Gasteiger partial charge in [-0.1, -0.05) is 107 Å². The van der Waals surface area contributed by atoms with Gasteiger partial charge in [-0.05, 0) is 109 Å². The van der Waals surface area contributed by atoms with E-state index < -0.39 is 23.8 Å². The molecule has 0 radical (unpaired) electrons. The standard InChI is InChI=1S/2C17H26O3.C11H23NO2/c2*1-10(15(19)20)11-8-12(16(2,3)4)14(18)13(9-11)17(5,6)7;1-10(2)7-9(14)8-11(3,4)12(10)5-6-13/h2*8-10,18H,1-7H3,(H,19,20);9,13-14H,5-8H2,1-4H3. The molecule has 1 aliphatic rings. The van der Waals surface area contributed by atoms with Crippen molar-refractivity contribution in [2.24, 2.45) is 0 Å². The van der Waals surface area contributed by atoms with Gasteiger partial charge in [0.25, 0.3) is 0 Å². The van der Waals surface area contributed by atoms with E-state index >= 15 is 0 Å². The van der Waals surface area contributed by atoms with Gasteiger partial charge in [-0.2, -0.15) is 0 Å². The van der Waals surface area contributed by atoms with E-state index in [2.05, 4.69) is 32.6 Å². The number of carboxylic acids is 2. The number of carboxylic acid groups (broad SMARTS) is 2. The van der Waals surface area contributed by atoms with Crippen LogP contribution >= 0.6 is 0 Å². The van der Waals surface area contributed by atoms with Crippen molar-refractivity contribution in [2.45, 2.75) is 188 Å². The molecule has 1 saturated heterocycles. The van der Waals surface area contributed by atoms with Gasteiger partial charge in [0.2, 0.25) is 0 Å². The summed E-state index contributed by atoms with van der Waals surface area (Å²) in [4.78, 5) is 24.8. The average molecular weight is 758 g/mol. The normalized spacial score (nSPS) is 17.7. The molecule has 2 aromatic rings. The van der Waals surface area contributed by atoms with E-state index in [9.17, 15) is 35.1 Å². The number of aromatic hydroxyl groups is 2. The lowest BCUT2D eigenvalue weighted by molar-refractivity contribution is -0.139. The number of rotatable bonds is 6. The number of carbonyl (C=O) groups is 2. The summed E-state index contributed by atoms with van der Waals surface area (Å²) in [6, 6.07) is 7.29. The van der Waals surface area contributed by atoms with Crippen LogP contribution in [0.5, 0.6) is 11.5 Å². The van der Waals surface area contributed by atoms with E-state index in [1.165, 1.54) is 0 Å². The summed E-state index contributed by atoms with van der Waals surface area (Å²) in [6.45, 7) is 37.0. The summed E-state index contributed by atoms with van der Waals surface area (Å²) >= 11 is 0. The molecule has 2 atom stereocenters. The van der Waals surface area contributed by atoms with E-state index in [1.807, 2.05) is 107 Å². The maximum Gasteiger partial charge on any atom is 0.310 e. The molecule has 6 N–H and O–H groups in total. The Morgan fingerprint density at radius 2 is 0.870 bits per heavy atom. The number of β-amino-alcohol motifs (C(OH)–C–C–N with tert-alkyl or cyclic N) is 1. The van der Waals surface area contributed by atoms with Gasteiger partial charge in [-0.25, -0.2) is 0 Å². The highest BCUT2D eigenvalue weighted by Gasteiger charge is 2.44. The minimum absolute atomic E-state index is 0.0239. The number of hydrogen-bond acceptors (Lipinski definition) is 7. The van der Waals surface area contributed by atoms with Gasteiger partial charge in [0.15, 0.2) is 0 Å². The fraction of sp³-hybridized carbons (Fsp3) is 0.689. The van der Waals surface area contributed by atoms with Crippen LogP contribution in [-0.2, 0) is 31.2 Å². The zero-order valence-electron chi connectivity index (χ0n) is 36.8. The fourth-order valence-electron chi connectivity index (χ4n) is 7.36. The summed E-state index contributed by atoms with van der Waals surface area (Å²) in [6.07, 6.45) is 1.36. The van der Waals surface area contributed by atoms with E-state index in [0.717, 1.165) is 46.2 Å². The number of aliphatic hydroxyl groups excluding tert-OH is 2. The van der Waals surface area contributed by atoms with Gasteiger partial charge < -0.3 is 30.6 Å². The maximum atomic E-state index is 11.2. The van der Waals surface area contributed by atoms with Crippen LogP contribution < -0.4 is 0 Å². The smallest absolute Gasteiger partial charge is 0.310 e. The third-order valence-electron chi connectivity index (χ3n) is 10.5. The van der Waals surface area contributed by atoms with Crippen LogP contribution in [0.15, 0.2) is 24.3 Å². The Labute approximate surface area is 326 Å². The van der Waals surface area contributed by atoms with Crippen molar-refractivity contribution < 1.29 is 40.2 Å². The zero-order valence-corrected chi connectivity index (χ0v) is 36.8. The molecule has 308 valence electrons. The third-order valence-corrected chi connectivity index (χ3v) is 10.5. The van der Waals surface area contributed by atoms with Crippen LogP contribution in [0, 0.1) is 0 Å². The van der Waals surface area contributed by atoms with Crippen molar-refractivity contribution in [1.82, 2.24) is 4.90 Å². The van der Waals surface area contributed by atoms with Gasteiger partial charge in [-0.15, -0.1) is 0 Å². The van der Waals surface area contributed by atoms with Crippen LogP contribution in [-0.4, -0.2) is 77.8 Å². The van der Waals surface area contributed by atoms with Crippen LogP contribution in [0.4, 0.5) is 0 Å². The number of nitrogens with zero attached hydrogens (tertiary/aromatic N) is 1. The van der Waals surface area contributed by atoms with Gasteiger partial charge in [0.05, 0.1) is 24.5 Å². The molecule has 1 heterocycles. The summed E-state index contributed by atoms with van der Waals surface area (Å²) in [7, 11) is 0. The minimum Gasteiger partial charge on any atom is -0.507 e. The maximum absolute atomic E-state index is 11.2. The summed E-state index contributed by atoms with van der Waals surface area (Å²) < 4.78 is 0. The Morgan fingerprint density at radius 3 is 1.06 bits per heavy atom. The van der Waals surface area contributed by atoms with Gasteiger partial charge in [0, 0.05) is 17.6 Å². The SMILES string of the molecule is CC(C(=O)O)c1cc(C(C)(C)C)c(O)c(C(C)(C)C)c1.CC(C(=O)O)c1cc(C(C)(C)C)c(O)c(C(C)(C)C)c1.CC1(C)CC(O)CC(C)(C)N1CCO. The largest absolute Gasteiger partial charge is 0.507 e. The van der Waals surface area contributed by atoms with Crippen molar-refractivity contribution in [3.8, 4) is 11.5 Å². The number of aliphatic hydroxyl groups is 2. The first kappa shape index (κ1) is 48.9. The Balaban J connectivity index is 0.000000412. The minimum atomic E-state index is -0.851. The van der Waals surface area contributed by atoms with Crippen molar-refractivity contribution in [3.63, 3.8) is 0 Å². The van der Waals surface area contributed by atoms with Crippen molar-refractivity contribution in [2.75, 3.05) is 13.2 Å². The van der Waals surface area contributed by atoms with Crippen molar-refractivity contribution in [1.29, 1.82) is 0 Å². The van der Waals surface area contributed by atoms with Crippen LogP contribution in [0.3, 0.4) is 0 Å². The van der Waals surface area contributed by atoms with E-state index in [0.29, 0.717) is 6.54 Å². The number of phenols is 2. The number of hydrogen-bond donors (Lipinski definition) is 6. The number of piperidine rings is 1. The van der Waals surface area contributed by atoms with E-state index in [-0.39, 0.29) is 56.9 Å². The van der Waals surface area contributed by atoms with Crippen LogP contribution in [0.1, 0.15) is 183 Å². The number of aliphatic carboxylic acids is 2. The molecule has 3 rings (SSSR count). The number of phenolic OH excluding ortho intramolecular Hbond substituents is 2. The molecule has 0 saturated carbocycles. The molecule has 2 unspecified atom stereocenters. The predicted octanol–water partition coefficient (Wildman–Crippen LogP) is 9.34. The predicted molar refractivity (Wildman–Crippen MR) is 220 cm³/mol. The monoisotopic (exact) mass is 758 g/mol. The zero-order chi connectivity index (χ0) is 42.7. The Bertz CT molecular complexity index is 1410. The quantitative estimate of drug-likeness (QED) is 0.169. The molecule has 0 amide bonds. The Kier molecular flexibility index (Phi) is 15.7. The summed E-state index contributed by atoms with van der Waals surface area (Å²) in [5, 5.41) is 58.4. The summed E-state index contributed by atoms with van der Waals surface area (Å²) in [5.41, 5.74) is 3.68.